The zero-order valence-electron chi connectivity index (χ0n) is 7.51. The Kier molecular flexibility index (Phi) is 3.25. The van der Waals surface area contributed by atoms with Gasteiger partial charge in [0, 0.05) is 0 Å². The number of hydrogen-bond acceptors (Lipinski definition) is 3. The Balaban J connectivity index is 2.95. The summed E-state index contributed by atoms with van der Waals surface area (Å²) in [5.41, 5.74) is 5.53. The van der Waals surface area contributed by atoms with Crippen LogP contribution in [0.4, 0.5) is 0 Å². The Bertz CT molecular complexity index is 349. The van der Waals surface area contributed by atoms with Gasteiger partial charge in [-0.15, -0.1) is 0 Å². The molecule has 0 spiro atoms. The lowest BCUT2D eigenvalue weighted by Gasteiger charge is -2.11. The lowest BCUT2D eigenvalue weighted by atomic mass is 10.2. The summed E-state index contributed by atoms with van der Waals surface area (Å²) in [6.45, 7) is 3.43. The number of hydrogen-bond donors (Lipinski definition) is 2. The van der Waals surface area contributed by atoms with Crippen molar-refractivity contribution in [2.45, 2.75) is 6.23 Å². The quantitative estimate of drug-likeness (QED) is 0.557. The Morgan fingerprint density at radius 2 is 2.21 bits per heavy atom. The van der Waals surface area contributed by atoms with Crippen molar-refractivity contribution in [3.63, 3.8) is 0 Å². The number of benzene rings is 1. The van der Waals surface area contributed by atoms with Gasteiger partial charge in [-0.25, -0.2) is 4.79 Å². The van der Waals surface area contributed by atoms with Crippen molar-refractivity contribution in [2.75, 3.05) is 0 Å². The van der Waals surface area contributed by atoms with Crippen molar-refractivity contribution in [1.82, 2.24) is 0 Å². The molecule has 4 heteroatoms. The van der Waals surface area contributed by atoms with E-state index in [0.717, 1.165) is 0 Å². The first-order valence-electron chi connectivity index (χ1n) is 4.02. The second-order valence-corrected chi connectivity index (χ2v) is 2.62. The van der Waals surface area contributed by atoms with Gasteiger partial charge in [-0.05, 0) is 18.2 Å². The Morgan fingerprint density at radius 3 is 2.79 bits per heavy atom. The van der Waals surface area contributed by atoms with Crippen LogP contribution < -0.4 is 10.5 Å². The van der Waals surface area contributed by atoms with Crippen LogP contribution >= 0.6 is 0 Å². The number of aromatic carboxylic acids is 1. The molecule has 0 aromatic heterocycles. The molecule has 74 valence electrons. The highest BCUT2D eigenvalue weighted by molar-refractivity contribution is 5.90. The predicted octanol–water partition coefficient (Wildman–Crippen LogP) is 1.23. The van der Waals surface area contributed by atoms with Crippen molar-refractivity contribution in [1.29, 1.82) is 0 Å². The minimum atomic E-state index is -1.04. The SMILES string of the molecule is C=CC(N)Oc1ccccc1C(=O)O. The number of carboxylic acids is 1. The monoisotopic (exact) mass is 193 g/mol. The minimum absolute atomic E-state index is 0.0878. The summed E-state index contributed by atoms with van der Waals surface area (Å²) < 4.78 is 5.13. The maximum Gasteiger partial charge on any atom is 0.339 e. The van der Waals surface area contributed by atoms with Crippen LogP contribution in [0.1, 0.15) is 10.4 Å². The van der Waals surface area contributed by atoms with E-state index >= 15 is 0 Å². The number of rotatable bonds is 4. The Hall–Kier alpha value is -1.81. The second kappa shape index (κ2) is 4.43. The van der Waals surface area contributed by atoms with E-state index in [4.69, 9.17) is 15.6 Å². The number of nitrogens with two attached hydrogens (primary N) is 1. The highest BCUT2D eigenvalue weighted by Crippen LogP contribution is 2.18. The van der Waals surface area contributed by atoms with Crippen LogP contribution in [0.25, 0.3) is 0 Å². The second-order valence-electron chi connectivity index (χ2n) is 2.62. The molecular formula is C10H11NO3. The molecule has 0 saturated heterocycles. The van der Waals surface area contributed by atoms with E-state index < -0.39 is 12.2 Å². The molecule has 0 saturated carbocycles. The fourth-order valence-corrected chi connectivity index (χ4v) is 0.941. The van der Waals surface area contributed by atoms with E-state index in [1.165, 1.54) is 12.1 Å². The molecule has 1 atom stereocenters. The normalized spacial score (nSPS) is 11.8. The van der Waals surface area contributed by atoms with Gasteiger partial charge in [-0.3, -0.25) is 5.73 Å². The molecule has 0 aliphatic carbocycles. The summed E-state index contributed by atoms with van der Waals surface area (Å²) in [6, 6.07) is 6.30. The van der Waals surface area contributed by atoms with Crippen molar-refractivity contribution >= 4 is 5.97 Å². The van der Waals surface area contributed by atoms with Gasteiger partial charge in [0.15, 0.2) is 6.23 Å². The van der Waals surface area contributed by atoms with Crippen LogP contribution in [0.3, 0.4) is 0 Å². The van der Waals surface area contributed by atoms with Gasteiger partial charge in [-0.2, -0.15) is 0 Å². The molecule has 0 fully saturated rings. The van der Waals surface area contributed by atoms with Crippen LogP contribution in [0.2, 0.25) is 0 Å². The summed E-state index contributed by atoms with van der Waals surface area (Å²) in [7, 11) is 0. The molecule has 0 aliphatic rings. The maximum absolute atomic E-state index is 10.7. The molecule has 4 nitrogen and oxygen atoms in total. The molecule has 1 unspecified atom stereocenters. The Morgan fingerprint density at radius 1 is 1.57 bits per heavy atom. The van der Waals surface area contributed by atoms with E-state index in [0.29, 0.717) is 0 Å². The summed E-state index contributed by atoms with van der Waals surface area (Å²) in [4.78, 5) is 10.7. The van der Waals surface area contributed by atoms with Gasteiger partial charge < -0.3 is 9.84 Å². The third-order valence-corrected chi connectivity index (χ3v) is 1.61. The van der Waals surface area contributed by atoms with Gasteiger partial charge in [0.05, 0.1) is 0 Å². The molecule has 1 aromatic carbocycles. The highest BCUT2D eigenvalue weighted by Gasteiger charge is 2.11. The average Bonchev–Trinajstić information content (AvgIpc) is 2.18. The molecule has 14 heavy (non-hydrogen) atoms. The largest absolute Gasteiger partial charge is 0.478 e. The molecule has 0 bridgehead atoms. The van der Waals surface area contributed by atoms with Crippen molar-refractivity contribution in [3.8, 4) is 5.75 Å². The van der Waals surface area contributed by atoms with Crippen LogP contribution in [0, 0.1) is 0 Å². The smallest absolute Gasteiger partial charge is 0.339 e. The molecule has 1 aromatic rings. The van der Waals surface area contributed by atoms with E-state index in [2.05, 4.69) is 6.58 Å². The number of ether oxygens (including phenoxy) is 1. The zero-order valence-corrected chi connectivity index (χ0v) is 7.51. The van der Waals surface area contributed by atoms with Gasteiger partial charge in [0.2, 0.25) is 0 Å². The third-order valence-electron chi connectivity index (χ3n) is 1.61. The molecule has 0 heterocycles. The summed E-state index contributed by atoms with van der Waals surface area (Å²) in [5.74, 6) is -0.802. The first-order chi connectivity index (χ1) is 6.65. The molecule has 1 rings (SSSR count). The molecule has 0 radical (unpaired) electrons. The molecule has 0 aliphatic heterocycles. The lowest BCUT2D eigenvalue weighted by Crippen LogP contribution is -2.24. The predicted molar refractivity (Wildman–Crippen MR) is 52.2 cm³/mol. The van der Waals surface area contributed by atoms with Gasteiger partial charge in [-0.1, -0.05) is 18.7 Å². The van der Waals surface area contributed by atoms with Crippen molar-refractivity contribution in [2.24, 2.45) is 5.73 Å². The van der Waals surface area contributed by atoms with Crippen molar-refractivity contribution < 1.29 is 14.6 Å². The van der Waals surface area contributed by atoms with E-state index in [1.807, 2.05) is 0 Å². The fraction of sp³-hybridized carbons (Fsp3) is 0.100. The molecule has 0 amide bonds. The lowest BCUT2D eigenvalue weighted by molar-refractivity contribution is 0.0691. The van der Waals surface area contributed by atoms with Crippen LogP contribution in [-0.2, 0) is 0 Å². The summed E-state index contributed by atoms with van der Waals surface area (Å²) in [6.07, 6.45) is 0.689. The summed E-state index contributed by atoms with van der Waals surface area (Å²) in [5, 5.41) is 8.80. The third kappa shape index (κ3) is 2.34. The minimum Gasteiger partial charge on any atom is -0.478 e. The number of carbonyl (C=O) groups is 1. The van der Waals surface area contributed by atoms with Gasteiger partial charge in [0.25, 0.3) is 0 Å². The van der Waals surface area contributed by atoms with Gasteiger partial charge in [0.1, 0.15) is 11.3 Å². The number of carboxylic acid groups (broad SMARTS) is 1. The van der Waals surface area contributed by atoms with Crippen LogP contribution in [-0.4, -0.2) is 17.3 Å². The highest BCUT2D eigenvalue weighted by atomic mass is 16.5. The average molecular weight is 193 g/mol. The zero-order chi connectivity index (χ0) is 10.6. The fourth-order valence-electron chi connectivity index (χ4n) is 0.941. The maximum atomic E-state index is 10.7. The molecular weight excluding hydrogens is 182 g/mol. The van der Waals surface area contributed by atoms with E-state index in [9.17, 15) is 4.79 Å². The van der Waals surface area contributed by atoms with Crippen molar-refractivity contribution in [3.05, 3.63) is 42.5 Å². The van der Waals surface area contributed by atoms with Gasteiger partial charge >= 0.3 is 5.97 Å². The molecule has 3 N–H and O–H groups in total. The first kappa shape index (κ1) is 10.3. The standard InChI is InChI=1S/C10H11NO3/c1-2-9(11)14-8-6-4-3-5-7(8)10(12)13/h2-6,9H,1,11H2,(H,12,13). The number of para-hydroxylation sites is 1. The van der Waals surface area contributed by atoms with E-state index in [-0.39, 0.29) is 11.3 Å². The summed E-state index contributed by atoms with van der Waals surface area (Å²) >= 11 is 0. The topological polar surface area (TPSA) is 72.5 Å². The van der Waals surface area contributed by atoms with Crippen LogP contribution in [0.5, 0.6) is 5.75 Å². The van der Waals surface area contributed by atoms with E-state index in [1.54, 1.807) is 18.2 Å². The van der Waals surface area contributed by atoms with Crippen LogP contribution in [0.15, 0.2) is 36.9 Å². The first-order valence-corrected chi connectivity index (χ1v) is 4.02. The Labute approximate surface area is 81.6 Å².